The lowest BCUT2D eigenvalue weighted by atomic mass is 10.1. The first-order chi connectivity index (χ1) is 12.9. The lowest BCUT2D eigenvalue weighted by molar-refractivity contribution is 0.251. The van der Waals surface area contributed by atoms with E-state index in [0.29, 0.717) is 6.04 Å². The molecule has 0 bridgehead atoms. The minimum atomic E-state index is 0. The summed E-state index contributed by atoms with van der Waals surface area (Å²) in [4.78, 5) is 7.44. The van der Waals surface area contributed by atoms with Crippen molar-refractivity contribution in [1.82, 2.24) is 15.5 Å². The van der Waals surface area contributed by atoms with E-state index < -0.39 is 0 Å². The van der Waals surface area contributed by atoms with Crippen molar-refractivity contribution in [3.63, 3.8) is 0 Å². The molecule has 148 valence electrons. The molecule has 3 rings (SSSR count). The summed E-state index contributed by atoms with van der Waals surface area (Å²) in [5.74, 6) is 1.87. The van der Waals surface area contributed by atoms with Crippen LogP contribution in [0, 0.1) is 0 Å². The normalized spacial score (nSPS) is 16.0. The third-order valence-corrected chi connectivity index (χ3v) is 4.78. The van der Waals surface area contributed by atoms with Gasteiger partial charge in [-0.1, -0.05) is 30.3 Å². The molecule has 1 aromatic heterocycles. The number of halogens is 1. The van der Waals surface area contributed by atoms with Gasteiger partial charge in [0.15, 0.2) is 5.96 Å². The molecule has 0 amide bonds. The van der Waals surface area contributed by atoms with Gasteiger partial charge in [-0.05, 0) is 50.6 Å². The van der Waals surface area contributed by atoms with Gasteiger partial charge in [-0.3, -0.25) is 9.89 Å². The Bertz CT molecular complexity index is 654. The van der Waals surface area contributed by atoms with Crippen LogP contribution in [0.25, 0.3) is 0 Å². The number of guanidine groups is 1. The van der Waals surface area contributed by atoms with Crippen LogP contribution < -0.4 is 10.6 Å². The average molecular weight is 482 g/mol. The van der Waals surface area contributed by atoms with Gasteiger partial charge in [-0.25, -0.2) is 0 Å². The van der Waals surface area contributed by atoms with Gasteiger partial charge in [0, 0.05) is 19.5 Å². The lowest BCUT2D eigenvalue weighted by Gasteiger charge is -2.27. The number of benzene rings is 1. The maximum Gasteiger partial charge on any atom is 0.191 e. The largest absolute Gasteiger partial charge is 0.469 e. The van der Waals surface area contributed by atoms with Gasteiger partial charge in [0.2, 0.25) is 0 Å². The van der Waals surface area contributed by atoms with Crippen LogP contribution in [0.15, 0.2) is 58.1 Å². The Morgan fingerprint density at radius 2 is 1.89 bits per heavy atom. The van der Waals surface area contributed by atoms with Crippen molar-refractivity contribution in [2.75, 3.05) is 32.7 Å². The summed E-state index contributed by atoms with van der Waals surface area (Å²) < 4.78 is 5.39. The van der Waals surface area contributed by atoms with Crippen LogP contribution in [-0.4, -0.2) is 43.6 Å². The molecule has 2 heterocycles. The van der Waals surface area contributed by atoms with Crippen molar-refractivity contribution >= 4 is 29.9 Å². The van der Waals surface area contributed by atoms with Crippen LogP contribution in [0.2, 0.25) is 0 Å². The predicted molar refractivity (Wildman–Crippen MR) is 122 cm³/mol. The van der Waals surface area contributed by atoms with Crippen LogP contribution in [-0.2, 0) is 6.42 Å². The second-order valence-electron chi connectivity index (χ2n) is 6.65. The SMILES string of the molecule is CCNC(=NCC(c1ccccc1)N1CCCC1)NCCc1ccco1.I. The van der Waals surface area contributed by atoms with Crippen molar-refractivity contribution in [1.29, 1.82) is 0 Å². The third-order valence-electron chi connectivity index (χ3n) is 4.78. The summed E-state index contributed by atoms with van der Waals surface area (Å²) in [5, 5.41) is 6.77. The Hall–Kier alpha value is -1.54. The molecule has 1 saturated heterocycles. The zero-order valence-corrected chi connectivity index (χ0v) is 18.4. The summed E-state index contributed by atoms with van der Waals surface area (Å²) >= 11 is 0. The molecule has 2 aromatic rings. The molecule has 1 atom stereocenters. The second-order valence-corrected chi connectivity index (χ2v) is 6.65. The fourth-order valence-corrected chi connectivity index (χ4v) is 3.44. The van der Waals surface area contributed by atoms with Gasteiger partial charge in [-0.15, -0.1) is 24.0 Å². The van der Waals surface area contributed by atoms with Crippen molar-refractivity contribution in [2.45, 2.75) is 32.2 Å². The average Bonchev–Trinajstić information content (AvgIpc) is 3.37. The van der Waals surface area contributed by atoms with E-state index in [0.717, 1.165) is 50.9 Å². The Balaban J connectivity index is 0.00000261. The second kappa shape index (κ2) is 12.0. The molecule has 0 spiro atoms. The van der Waals surface area contributed by atoms with E-state index in [1.54, 1.807) is 6.26 Å². The molecule has 1 aromatic carbocycles. The number of nitrogens with zero attached hydrogens (tertiary/aromatic N) is 2. The molecule has 2 N–H and O–H groups in total. The summed E-state index contributed by atoms with van der Waals surface area (Å²) in [6, 6.07) is 15.0. The number of likely N-dealkylation sites (tertiary alicyclic amines) is 1. The van der Waals surface area contributed by atoms with Crippen molar-refractivity contribution in [3.05, 3.63) is 60.1 Å². The van der Waals surface area contributed by atoms with Crippen LogP contribution in [0.3, 0.4) is 0 Å². The smallest absolute Gasteiger partial charge is 0.191 e. The van der Waals surface area contributed by atoms with Gasteiger partial charge >= 0.3 is 0 Å². The summed E-state index contributed by atoms with van der Waals surface area (Å²) in [6.07, 6.45) is 5.14. The summed E-state index contributed by atoms with van der Waals surface area (Å²) in [6.45, 7) is 6.85. The first-order valence-electron chi connectivity index (χ1n) is 9.70. The molecular weight excluding hydrogens is 451 g/mol. The van der Waals surface area contributed by atoms with Gasteiger partial charge in [-0.2, -0.15) is 0 Å². The topological polar surface area (TPSA) is 52.8 Å². The monoisotopic (exact) mass is 482 g/mol. The highest BCUT2D eigenvalue weighted by Crippen LogP contribution is 2.25. The zero-order valence-electron chi connectivity index (χ0n) is 16.1. The van der Waals surface area contributed by atoms with E-state index in [4.69, 9.17) is 9.41 Å². The molecule has 6 heteroatoms. The lowest BCUT2D eigenvalue weighted by Crippen LogP contribution is -2.39. The Morgan fingerprint density at radius 3 is 2.56 bits per heavy atom. The molecule has 0 radical (unpaired) electrons. The quantitative estimate of drug-likeness (QED) is 0.341. The van der Waals surface area contributed by atoms with Crippen LogP contribution in [0.1, 0.15) is 37.1 Å². The Kier molecular flexibility index (Phi) is 9.69. The fourth-order valence-electron chi connectivity index (χ4n) is 3.44. The summed E-state index contributed by atoms with van der Waals surface area (Å²) in [7, 11) is 0. The van der Waals surface area contributed by atoms with Gasteiger partial charge in [0.25, 0.3) is 0 Å². The number of hydrogen-bond donors (Lipinski definition) is 2. The van der Waals surface area contributed by atoms with E-state index >= 15 is 0 Å². The summed E-state index contributed by atoms with van der Waals surface area (Å²) in [5.41, 5.74) is 1.35. The third kappa shape index (κ3) is 6.84. The molecular formula is C21H31IN4O. The minimum absolute atomic E-state index is 0. The van der Waals surface area contributed by atoms with Crippen molar-refractivity contribution in [2.24, 2.45) is 4.99 Å². The molecule has 5 nitrogen and oxygen atoms in total. The van der Waals surface area contributed by atoms with E-state index in [1.165, 1.54) is 18.4 Å². The Morgan fingerprint density at radius 1 is 1.11 bits per heavy atom. The molecule has 1 fully saturated rings. The van der Waals surface area contributed by atoms with Gasteiger partial charge in [0.1, 0.15) is 5.76 Å². The maximum absolute atomic E-state index is 5.39. The first kappa shape index (κ1) is 21.8. The highest BCUT2D eigenvalue weighted by molar-refractivity contribution is 14.0. The number of hydrogen-bond acceptors (Lipinski definition) is 3. The van der Waals surface area contributed by atoms with Crippen molar-refractivity contribution in [3.8, 4) is 0 Å². The molecule has 1 aliphatic rings. The standard InChI is InChI=1S/C21H30N4O.HI/c1-2-22-21(23-13-12-19-11-8-16-26-19)24-17-20(25-14-6-7-15-25)18-9-4-3-5-10-18;/h3-5,8-11,16,20H,2,6-7,12-15,17H2,1H3,(H2,22,23,24);1H. The molecule has 0 saturated carbocycles. The van der Waals surface area contributed by atoms with Gasteiger partial charge < -0.3 is 15.1 Å². The van der Waals surface area contributed by atoms with E-state index in [2.05, 4.69) is 52.8 Å². The molecule has 1 aliphatic heterocycles. The number of furan rings is 1. The number of rotatable bonds is 8. The predicted octanol–water partition coefficient (Wildman–Crippen LogP) is 3.83. The molecule has 0 aliphatic carbocycles. The number of nitrogens with one attached hydrogen (secondary N) is 2. The molecule has 1 unspecified atom stereocenters. The van der Waals surface area contributed by atoms with E-state index in [9.17, 15) is 0 Å². The fraction of sp³-hybridized carbons (Fsp3) is 0.476. The van der Waals surface area contributed by atoms with Gasteiger partial charge in [0.05, 0.1) is 18.8 Å². The van der Waals surface area contributed by atoms with Crippen LogP contribution >= 0.6 is 24.0 Å². The van der Waals surface area contributed by atoms with Crippen LogP contribution in [0.5, 0.6) is 0 Å². The number of aliphatic imine (C=N–C) groups is 1. The minimum Gasteiger partial charge on any atom is -0.469 e. The van der Waals surface area contributed by atoms with Crippen molar-refractivity contribution < 1.29 is 4.42 Å². The molecule has 27 heavy (non-hydrogen) atoms. The first-order valence-corrected chi connectivity index (χ1v) is 9.70. The highest BCUT2D eigenvalue weighted by Gasteiger charge is 2.23. The maximum atomic E-state index is 5.39. The highest BCUT2D eigenvalue weighted by atomic mass is 127. The zero-order chi connectivity index (χ0) is 18.0. The Labute approximate surface area is 179 Å². The van der Waals surface area contributed by atoms with Crippen LogP contribution in [0.4, 0.5) is 0 Å². The van der Waals surface area contributed by atoms with E-state index in [-0.39, 0.29) is 24.0 Å². The van der Waals surface area contributed by atoms with E-state index in [1.807, 2.05) is 12.1 Å².